The number of amides is 2. The van der Waals surface area contributed by atoms with Gasteiger partial charge in [-0.25, -0.2) is 0 Å². The van der Waals surface area contributed by atoms with Crippen molar-refractivity contribution in [2.45, 2.75) is 13.3 Å². The van der Waals surface area contributed by atoms with E-state index in [0.29, 0.717) is 5.56 Å². The molecule has 24 heavy (non-hydrogen) atoms. The summed E-state index contributed by atoms with van der Waals surface area (Å²) in [6.45, 7) is 1.95. The summed E-state index contributed by atoms with van der Waals surface area (Å²) in [5.41, 5.74) is 7.37. The zero-order chi connectivity index (χ0) is 16.9. The largest absolute Gasteiger partial charge is 0.273 e. The fraction of sp³-hybridized carbons (Fsp3) is 0.100. The van der Waals surface area contributed by atoms with Crippen LogP contribution >= 0.6 is 0 Å². The van der Waals surface area contributed by atoms with Crippen LogP contribution in [-0.4, -0.2) is 11.8 Å². The zero-order valence-electron chi connectivity index (χ0n) is 13.4. The van der Waals surface area contributed by atoms with Crippen LogP contribution in [0.15, 0.2) is 66.7 Å². The van der Waals surface area contributed by atoms with Crippen LogP contribution in [0.3, 0.4) is 0 Å². The van der Waals surface area contributed by atoms with Crippen LogP contribution in [0.1, 0.15) is 21.5 Å². The molecule has 4 nitrogen and oxygen atoms in total. The Bertz CT molecular complexity index is 886. The van der Waals surface area contributed by atoms with E-state index < -0.39 is 0 Å². The summed E-state index contributed by atoms with van der Waals surface area (Å²) in [5.74, 6) is -0.590. The number of nitrogens with one attached hydrogen (secondary N) is 2. The lowest BCUT2D eigenvalue weighted by atomic mass is 10.1. The summed E-state index contributed by atoms with van der Waals surface area (Å²) >= 11 is 0. The van der Waals surface area contributed by atoms with E-state index in [2.05, 4.69) is 10.9 Å². The van der Waals surface area contributed by atoms with E-state index in [9.17, 15) is 9.59 Å². The summed E-state index contributed by atoms with van der Waals surface area (Å²) in [7, 11) is 0. The van der Waals surface area contributed by atoms with E-state index in [-0.39, 0.29) is 18.2 Å². The standard InChI is InChI=1S/C20H18N2O2/c1-14-6-9-17(10-7-14)20(24)22-21-19(23)13-15-8-11-16-4-2-3-5-18(16)12-15/h2-12H,13H2,1H3,(H,21,23)(H,22,24). The minimum Gasteiger partial charge on any atom is -0.273 e. The molecule has 0 unspecified atom stereocenters. The van der Waals surface area contributed by atoms with Crippen LogP contribution in [0.25, 0.3) is 10.8 Å². The van der Waals surface area contributed by atoms with E-state index in [0.717, 1.165) is 21.9 Å². The van der Waals surface area contributed by atoms with Gasteiger partial charge in [0.15, 0.2) is 0 Å². The molecular formula is C20H18N2O2. The summed E-state index contributed by atoms with van der Waals surface area (Å²) < 4.78 is 0. The first-order chi connectivity index (χ1) is 11.6. The lowest BCUT2D eigenvalue weighted by molar-refractivity contribution is -0.121. The van der Waals surface area contributed by atoms with Gasteiger partial charge in [0.2, 0.25) is 5.91 Å². The average Bonchev–Trinajstić information content (AvgIpc) is 2.60. The first kappa shape index (κ1) is 15.7. The predicted molar refractivity (Wildman–Crippen MR) is 94.4 cm³/mol. The predicted octanol–water partition coefficient (Wildman–Crippen LogP) is 3.15. The molecule has 2 N–H and O–H groups in total. The van der Waals surface area contributed by atoms with E-state index >= 15 is 0 Å². The van der Waals surface area contributed by atoms with Crippen molar-refractivity contribution in [3.8, 4) is 0 Å². The number of hydrogen-bond donors (Lipinski definition) is 2. The first-order valence-electron chi connectivity index (χ1n) is 7.75. The highest BCUT2D eigenvalue weighted by Gasteiger charge is 2.08. The third kappa shape index (κ3) is 3.79. The van der Waals surface area contributed by atoms with Gasteiger partial charge >= 0.3 is 0 Å². The van der Waals surface area contributed by atoms with Crippen molar-refractivity contribution in [3.05, 3.63) is 83.4 Å². The third-order valence-corrected chi connectivity index (χ3v) is 3.81. The van der Waals surface area contributed by atoms with E-state index in [1.807, 2.05) is 61.5 Å². The van der Waals surface area contributed by atoms with Crippen molar-refractivity contribution in [1.29, 1.82) is 0 Å². The van der Waals surface area contributed by atoms with Gasteiger partial charge < -0.3 is 0 Å². The fourth-order valence-electron chi connectivity index (χ4n) is 2.48. The molecule has 0 saturated carbocycles. The highest BCUT2D eigenvalue weighted by molar-refractivity contribution is 5.95. The van der Waals surface area contributed by atoms with Gasteiger partial charge in [0.05, 0.1) is 6.42 Å². The Kier molecular flexibility index (Phi) is 4.57. The molecule has 0 atom stereocenters. The molecule has 3 aromatic carbocycles. The Morgan fingerprint density at radius 3 is 2.29 bits per heavy atom. The zero-order valence-corrected chi connectivity index (χ0v) is 13.4. The summed E-state index contributed by atoms with van der Waals surface area (Å²) in [5, 5.41) is 2.22. The van der Waals surface area contributed by atoms with Crippen molar-refractivity contribution in [2.24, 2.45) is 0 Å². The minimum atomic E-state index is -0.332. The molecule has 3 rings (SSSR count). The maximum atomic E-state index is 12.0. The molecule has 0 heterocycles. The Morgan fingerprint density at radius 2 is 1.54 bits per heavy atom. The first-order valence-corrected chi connectivity index (χ1v) is 7.75. The Balaban J connectivity index is 1.58. The second-order valence-corrected chi connectivity index (χ2v) is 5.73. The summed E-state index contributed by atoms with van der Waals surface area (Å²) in [4.78, 5) is 24.0. The van der Waals surface area contributed by atoms with Gasteiger partial charge in [-0.1, -0.05) is 60.2 Å². The van der Waals surface area contributed by atoms with Crippen LogP contribution in [0.2, 0.25) is 0 Å². The number of hydrazine groups is 1. The number of fused-ring (bicyclic) bond motifs is 1. The van der Waals surface area contributed by atoms with Crippen LogP contribution in [0, 0.1) is 6.92 Å². The van der Waals surface area contributed by atoms with Crippen molar-refractivity contribution >= 4 is 22.6 Å². The molecule has 0 fully saturated rings. The molecule has 120 valence electrons. The van der Waals surface area contributed by atoms with Crippen molar-refractivity contribution in [3.63, 3.8) is 0 Å². The average molecular weight is 318 g/mol. The third-order valence-electron chi connectivity index (χ3n) is 3.81. The highest BCUT2D eigenvalue weighted by atomic mass is 16.2. The molecule has 0 aliphatic heterocycles. The van der Waals surface area contributed by atoms with Crippen LogP contribution in [0.5, 0.6) is 0 Å². The molecule has 0 aliphatic carbocycles. The molecule has 0 saturated heterocycles. The molecule has 4 heteroatoms. The van der Waals surface area contributed by atoms with E-state index in [4.69, 9.17) is 0 Å². The SMILES string of the molecule is Cc1ccc(C(=O)NNC(=O)Cc2ccc3ccccc3c2)cc1. The molecule has 0 aliphatic rings. The quantitative estimate of drug-likeness (QED) is 0.729. The minimum absolute atomic E-state index is 0.207. The fourth-order valence-corrected chi connectivity index (χ4v) is 2.48. The van der Waals surface area contributed by atoms with Gasteiger partial charge in [-0.05, 0) is 35.4 Å². The van der Waals surface area contributed by atoms with E-state index in [1.54, 1.807) is 12.1 Å². The Morgan fingerprint density at radius 1 is 0.833 bits per heavy atom. The smallest absolute Gasteiger partial charge is 0.269 e. The van der Waals surface area contributed by atoms with Crippen molar-refractivity contribution < 1.29 is 9.59 Å². The monoisotopic (exact) mass is 318 g/mol. The normalized spacial score (nSPS) is 10.4. The summed E-state index contributed by atoms with van der Waals surface area (Å²) in [6.07, 6.45) is 0.207. The van der Waals surface area contributed by atoms with Crippen molar-refractivity contribution in [2.75, 3.05) is 0 Å². The molecular weight excluding hydrogens is 300 g/mol. The van der Waals surface area contributed by atoms with Gasteiger partial charge in [-0.15, -0.1) is 0 Å². The topological polar surface area (TPSA) is 58.2 Å². The van der Waals surface area contributed by atoms with Gasteiger partial charge in [-0.3, -0.25) is 20.4 Å². The molecule has 0 aromatic heterocycles. The van der Waals surface area contributed by atoms with Gasteiger partial charge in [0.25, 0.3) is 5.91 Å². The lowest BCUT2D eigenvalue weighted by Crippen LogP contribution is -2.42. The second kappa shape index (κ2) is 6.96. The number of hydrogen-bond acceptors (Lipinski definition) is 2. The number of benzene rings is 3. The molecule has 0 radical (unpaired) electrons. The van der Waals surface area contributed by atoms with Crippen LogP contribution in [0.4, 0.5) is 0 Å². The van der Waals surface area contributed by atoms with Crippen LogP contribution < -0.4 is 10.9 Å². The summed E-state index contributed by atoms with van der Waals surface area (Å²) in [6, 6.07) is 21.0. The number of aryl methyl sites for hydroxylation is 1. The Labute approximate surface area is 140 Å². The maximum absolute atomic E-state index is 12.0. The molecule has 3 aromatic rings. The lowest BCUT2D eigenvalue weighted by Gasteiger charge is -2.08. The van der Waals surface area contributed by atoms with Crippen molar-refractivity contribution in [1.82, 2.24) is 10.9 Å². The van der Waals surface area contributed by atoms with E-state index in [1.165, 1.54) is 0 Å². The van der Waals surface area contributed by atoms with Gasteiger partial charge in [0.1, 0.15) is 0 Å². The number of carbonyl (C=O) groups excluding carboxylic acids is 2. The number of carbonyl (C=O) groups is 2. The molecule has 2 amide bonds. The second-order valence-electron chi connectivity index (χ2n) is 5.73. The molecule has 0 spiro atoms. The Hall–Kier alpha value is -3.14. The maximum Gasteiger partial charge on any atom is 0.269 e. The van der Waals surface area contributed by atoms with Crippen LogP contribution in [-0.2, 0) is 11.2 Å². The van der Waals surface area contributed by atoms with Gasteiger partial charge in [-0.2, -0.15) is 0 Å². The molecule has 0 bridgehead atoms. The van der Waals surface area contributed by atoms with Gasteiger partial charge in [0, 0.05) is 5.56 Å². The highest BCUT2D eigenvalue weighted by Crippen LogP contribution is 2.15. The number of rotatable bonds is 3.